The highest BCUT2D eigenvalue weighted by Crippen LogP contribution is 2.05. The number of aliphatic hydroxyl groups is 2. The van der Waals surface area contributed by atoms with Crippen LogP contribution >= 0.6 is 0 Å². The van der Waals surface area contributed by atoms with Crippen molar-refractivity contribution in [3.05, 3.63) is 24.4 Å². The van der Waals surface area contributed by atoms with Crippen LogP contribution in [0, 0.1) is 0 Å². The molecule has 2 N–H and O–H groups in total. The van der Waals surface area contributed by atoms with Crippen LogP contribution in [0.5, 0.6) is 0 Å². The third kappa shape index (κ3) is 0.841. The summed E-state index contributed by atoms with van der Waals surface area (Å²) in [6.45, 7) is 0. The first-order chi connectivity index (χ1) is 3.79. The van der Waals surface area contributed by atoms with Crippen LogP contribution in [-0.2, 0) is 9.47 Å². The van der Waals surface area contributed by atoms with E-state index in [9.17, 15) is 0 Å². The van der Waals surface area contributed by atoms with Gasteiger partial charge in [0.2, 0.25) is 0 Å². The standard InChI is InChI=1S/C4H4O4/c5-3-1-7-4(6)2-8-3/h1-2,5-6H. The lowest BCUT2D eigenvalue weighted by atomic mass is 10.8. The lowest BCUT2D eigenvalue weighted by Gasteiger charge is -2.04. The molecule has 0 amide bonds. The summed E-state index contributed by atoms with van der Waals surface area (Å²) in [6, 6.07) is 0. The second-order valence-electron chi connectivity index (χ2n) is 1.15. The Morgan fingerprint density at radius 2 is 1.38 bits per heavy atom. The maximum atomic E-state index is 8.39. The smallest absolute Gasteiger partial charge is 0.319 e. The molecular weight excluding hydrogens is 112 g/mol. The highest BCUT2D eigenvalue weighted by Gasteiger charge is 2.01. The summed E-state index contributed by atoms with van der Waals surface area (Å²) in [4.78, 5) is 0. The Labute approximate surface area is 45.3 Å². The molecule has 0 fully saturated rings. The summed E-state index contributed by atoms with van der Waals surface area (Å²) in [6.07, 6.45) is 1.77. The number of ether oxygens (including phenoxy) is 2. The molecule has 0 spiro atoms. The first-order valence-corrected chi connectivity index (χ1v) is 1.90. The highest BCUT2D eigenvalue weighted by atomic mass is 16.7. The second-order valence-corrected chi connectivity index (χ2v) is 1.15. The minimum Gasteiger partial charge on any atom is -0.478 e. The Hall–Kier alpha value is -1.32. The monoisotopic (exact) mass is 116 g/mol. The van der Waals surface area contributed by atoms with Crippen LogP contribution in [0.4, 0.5) is 0 Å². The van der Waals surface area contributed by atoms with E-state index in [0.717, 1.165) is 12.5 Å². The number of hydrogen-bond acceptors (Lipinski definition) is 4. The number of rotatable bonds is 0. The predicted octanol–water partition coefficient (Wildman–Crippen LogP) is 0.747. The van der Waals surface area contributed by atoms with Gasteiger partial charge in [0.1, 0.15) is 0 Å². The van der Waals surface area contributed by atoms with Gasteiger partial charge in [-0.3, -0.25) is 0 Å². The van der Waals surface area contributed by atoms with E-state index >= 15 is 0 Å². The van der Waals surface area contributed by atoms with Crippen molar-refractivity contribution >= 4 is 0 Å². The van der Waals surface area contributed by atoms with Crippen molar-refractivity contribution in [2.75, 3.05) is 0 Å². The molecule has 0 unspecified atom stereocenters. The van der Waals surface area contributed by atoms with E-state index in [2.05, 4.69) is 9.47 Å². The first-order valence-electron chi connectivity index (χ1n) is 1.90. The molecule has 0 saturated heterocycles. The summed E-state index contributed by atoms with van der Waals surface area (Å²) >= 11 is 0. The summed E-state index contributed by atoms with van der Waals surface area (Å²) in [7, 11) is 0. The van der Waals surface area contributed by atoms with Crippen LogP contribution < -0.4 is 0 Å². The van der Waals surface area contributed by atoms with Gasteiger partial charge < -0.3 is 19.7 Å². The highest BCUT2D eigenvalue weighted by molar-refractivity contribution is 4.88. The molecule has 0 radical (unpaired) electrons. The molecule has 0 atom stereocenters. The molecule has 1 heterocycles. The molecule has 0 aliphatic carbocycles. The Morgan fingerprint density at radius 1 is 1.00 bits per heavy atom. The second kappa shape index (κ2) is 1.65. The van der Waals surface area contributed by atoms with Crippen molar-refractivity contribution in [1.82, 2.24) is 0 Å². The molecule has 1 aliphatic heterocycles. The lowest BCUT2D eigenvalue weighted by molar-refractivity contribution is 0.0649. The number of aliphatic hydroxyl groups excluding tert-OH is 2. The van der Waals surface area contributed by atoms with Crippen LogP contribution in [0.2, 0.25) is 0 Å². The summed E-state index contributed by atoms with van der Waals surface area (Å²) in [5, 5.41) is 16.8. The Morgan fingerprint density at radius 3 is 1.62 bits per heavy atom. The van der Waals surface area contributed by atoms with E-state index in [1.54, 1.807) is 0 Å². The van der Waals surface area contributed by atoms with Crippen molar-refractivity contribution < 1.29 is 19.7 Å². The van der Waals surface area contributed by atoms with Gasteiger partial charge in [0.15, 0.2) is 12.5 Å². The van der Waals surface area contributed by atoms with Gasteiger partial charge in [-0.25, -0.2) is 0 Å². The maximum Gasteiger partial charge on any atom is 0.319 e. The summed E-state index contributed by atoms with van der Waals surface area (Å²) < 4.78 is 8.54. The van der Waals surface area contributed by atoms with Gasteiger partial charge in [0.25, 0.3) is 0 Å². The molecule has 44 valence electrons. The SMILES string of the molecule is OC1=COC(O)=CO1. The normalized spacial score (nSPS) is 17.5. The molecule has 1 rings (SSSR count). The van der Waals surface area contributed by atoms with Crippen molar-refractivity contribution in [3.63, 3.8) is 0 Å². The zero-order chi connectivity index (χ0) is 5.98. The van der Waals surface area contributed by atoms with E-state index in [1.807, 2.05) is 0 Å². The van der Waals surface area contributed by atoms with Gasteiger partial charge in [-0.05, 0) is 0 Å². The Balaban J connectivity index is 2.54. The van der Waals surface area contributed by atoms with E-state index in [1.165, 1.54) is 0 Å². The zero-order valence-electron chi connectivity index (χ0n) is 3.87. The van der Waals surface area contributed by atoms with Crippen molar-refractivity contribution in [2.45, 2.75) is 0 Å². The minimum absolute atomic E-state index is 0.372. The molecule has 8 heavy (non-hydrogen) atoms. The molecule has 0 saturated carbocycles. The van der Waals surface area contributed by atoms with Crippen molar-refractivity contribution in [2.24, 2.45) is 0 Å². The third-order valence-electron chi connectivity index (χ3n) is 0.561. The number of hydrogen-bond donors (Lipinski definition) is 2. The van der Waals surface area contributed by atoms with E-state index < -0.39 is 0 Å². The van der Waals surface area contributed by atoms with Crippen molar-refractivity contribution in [1.29, 1.82) is 0 Å². The van der Waals surface area contributed by atoms with E-state index in [0.29, 0.717) is 0 Å². The molecule has 4 nitrogen and oxygen atoms in total. The fourth-order valence-corrected chi connectivity index (χ4v) is 0.277. The molecule has 0 aromatic carbocycles. The zero-order valence-corrected chi connectivity index (χ0v) is 3.87. The predicted molar refractivity (Wildman–Crippen MR) is 23.6 cm³/mol. The van der Waals surface area contributed by atoms with Gasteiger partial charge in [-0.1, -0.05) is 0 Å². The maximum absolute atomic E-state index is 8.39. The van der Waals surface area contributed by atoms with Gasteiger partial charge in [-0.15, -0.1) is 0 Å². The van der Waals surface area contributed by atoms with Gasteiger partial charge in [-0.2, -0.15) is 0 Å². The van der Waals surface area contributed by atoms with Crippen LogP contribution in [0.25, 0.3) is 0 Å². The average molecular weight is 116 g/mol. The van der Waals surface area contributed by atoms with E-state index in [4.69, 9.17) is 10.2 Å². The van der Waals surface area contributed by atoms with Crippen LogP contribution in [0.1, 0.15) is 0 Å². The molecule has 4 heteroatoms. The van der Waals surface area contributed by atoms with Crippen LogP contribution in [0.15, 0.2) is 24.4 Å². The molecule has 0 aromatic heterocycles. The Bertz CT molecular complexity index is 128. The summed E-state index contributed by atoms with van der Waals surface area (Å²) in [5.41, 5.74) is 0. The minimum atomic E-state index is -0.372. The molecule has 0 aromatic rings. The average Bonchev–Trinajstić information content (AvgIpc) is 1.77. The fourth-order valence-electron chi connectivity index (χ4n) is 0.277. The van der Waals surface area contributed by atoms with Gasteiger partial charge in [0, 0.05) is 0 Å². The summed E-state index contributed by atoms with van der Waals surface area (Å²) in [5.74, 6) is -0.745. The lowest BCUT2D eigenvalue weighted by Crippen LogP contribution is -1.95. The molecule has 1 aliphatic rings. The van der Waals surface area contributed by atoms with Gasteiger partial charge in [0.05, 0.1) is 0 Å². The topological polar surface area (TPSA) is 58.9 Å². The van der Waals surface area contributed by atoms with Gasteiger partial charge >= 0.3 is 11.9 Å². The molecular formula is C4H4O4. The largest absolute Gasteiger partial charge is 0.478 e. The molecule has 0 bridgehead atoms. The van der Waals surface area contributed by atoms with E-state index in [-0.39, 0.29) is 11.9 Å². The first kappa shape index (κ1) is 4.83. The third-order valence-corrected chi connectivity index (χ3v) is 0.561. The van der Waals surface area contributed by atoms with Crippen LogP contribution in [0.3, 0.4) is 0 Å². The Kier molecular flexibility index (Phi) is 0.997. The quantitative estimate of drug-likeness (QED) is 0.490. The van der Waals surface area contributed by atoms with Crippen LogP contribution in [-0.4, -0.2) is 10.2 Å². The fraction of sp³-hybridized carbons (Fsp3) is 0. The van der Waals surface area contributed by atoms with Crippen molar-refractivity contribution in [3.8, 4) is 0 Å².